The van der Waals surface area contributed by atoms with Gasteiger partial charge in [0.25, 0.3) is 0 Å². The van der Waals surface area contributed by atoms with Crippen LogP contribution in [0.1, 0.15) is 42.4 Å². The Morgan fingerprint density at radius 2 is 2.33 bits per heavy atom. The second-order valence-corrected chi connectivity index (χ2v) is 7.15. The Hall–Kier alpha value is -2.21. The van der Waals surface area contributed by atoms with E-state index in [2.05, 4.69) is 21.0 Å². The summed E-state index contributed by atoms with van der Waals surface area (Å²) in [5.74, 6) is 1.16. The standard InChI is InChI=1S/C18H20N4OS/c1-13-20-17(18-21(13)9-10-24-18)15-6-2-3-8-22(15)16(23)11-14-5-4-7-19-12-14/h4-5,7,9-10,12,15H,2-3,6,8,11H2,1H3. The van der Waals surface area contributed by atoms with Gasteiger partial charge in [-0.15, -0.1) is 11.3 Å². The number of hydrogen-bond acceptors (Lipinski definition) is 4. The summed E-state index contributed by atoms with van der Waals surface area (Å²) in [7, 11) is 0. The van der Waals surface area contributed by atoms with E-state index in [0.29, 0.717) is 6.42 Å². The number of piperidine rings is 1. The molecule has 0 bridgehead atoms. The lowest BCUT2D eigenvalue weighted by Gasteiger charge is -2.35. The molecule has 0 radical (unpaired) electrons. The molecule has 1 saturated heterocycles. The van der Waals surface area contributed by atoms with Gasteiger partial charge in [-0.2, -0.15) is 0 Å². The van der Waals surface area contributed by atoms with Crippen LogP contribution in [0.2, 0.25) is 0 Å². The van der Waals surface area contributed by atoms with Gasteiger partial charge >= 0.3 is 0 Å². The molecule has 4 heterocycles. The monoisotopic (exact) mass is 340 g/mol. The van der Waals surface area contributed by atoms with Gasteiger partial charge in [0, 0.05) is 30.5 Å². The first-order valence-electron chi connectivity index (χ1n) is 8.34. The fourth-order valence-electron chi connectivity index (χ4n) is 3.51. The molecule has 4 rings (SSSR count). The van der Waals surface area contributed by atoms with Crippen LogP contribution in [-0.4, -0.2) is 31.7 Å². The highest BCUT2D eigenvalue weighted by Gasteiger charge is 2.31. The van der Waals surface area contributed by atoms with Crippen molar-refractivity contribution in [2.75, 3.05) is 6.54 Å². The number of nitrogens with zero attached hydrogens (tertiary/aromatic N) is 4. The van der Waals surface area contributed by atoms with Crippen molar-refractivity contribution in [3.8, 4) is 0 Å². The van der Waals surface area contributed by atoms with Crippen LogP contribution in [0.3, 0.4) is 0 Å². The number of aromatic nitrogens is 3. The largest absolute Gasteiger partial charge is 0.334 e. The number of imidazole rings is 1. The molecule has 3 aromatic rings. The van der Waals surface area contributed by atoms with Crippen molar-refractivity contribution in [3.05, 3.63) is 53.2 Å². The van der Waals surface area contributed by atoms with Crippen molar-refractivity contribution in [1.29, 1.82) is 0 Å². The molecule has 0 saturated carbocycles. The molecule has 0 aromatic carbocycles. The number of carbonyl (C=O) groups excluding carboxylic acids is 1. The number of fused-ring (bicyclic) bond motifs is 1. The molecule has 6 heteroatoms. The van der Waals surface area contributed by atoms with Gasteiger partial charge in [0.15, 0.2) is 0 Å². The lowest BCUT2D eigenvalue weighted by molar-refractivity contribution is -0.134. The van der Waals surface area contributed by atoms with Gasteiger partial charge < -0.3 is 4.90 Å². The summed E-state index contributed by atoms with van der Waals surface area (Å²) in [4.78, 5) is 25.0. The molecule has 1 unspecified atom stereocenters. The molecule has 24 heavy (non-hydrogen) atoms. The summed E-state index contributed by atoms with van der Waals surface area (Å²) < 4.78 is 2.12. The molecule has 1 amide bonds. The molecule has 1 aliphatic rings. The van der Waals surface area contributed by atoms with Crippen LogP contribution >= 0.6 is 11.3 Å². The third-order valence-corrected chi connectivity index (χ3v) is 5.56. The molecule has 124 valence electrons. The third-order valence-electron chi connectivity index (χ3n) is 4.68. The molecule has 0 spiro atoms. The Morgan fingerprint density at radius 1 is 1.42 bits per heavy atom. The Balaban J connectivity index is 1.63. The lowest BCUT2D eigenvalue weighted by atomic mass is 9.98. The van der Waals surface area contributed by atoms with Crippen LogP contribution in [0.5, 0.6) is 0 Å². The van der Waals surface area contributed by atoms with Crippen LogP contribution in [0.15, 0.2) is 36.1 Å². The fraction of sp³-hybridized carbons (Fsp3) is 0.389. The maximum Gasteiger partial charge on any atom is 0.227 e. The predicted molar refractivity (Wildman–Crippen MR) is 94.1 cm³/mol. The Morgan fingerprint density at radius 3 is 3.17 bits per heavy atom. The van der Waals surface area contributed by atoms with Crippen LogP contribution in [0, 0.1) is 6.92 Å². The molecule has 1 aliphatic heterocycles. The first-order chi connectivity index (χ1) is 11.7. The van der Waals surface area contributed by atoms with Crippen molar-refractivity contribution >= 4 is 22.1 Å². The van der Waals surface area contributed by atoms with E-state index in [1.165, 1.54) is 4.83 Å². The van der Waals surface area contributed by atoms with E-state index >= 15 is 0 Å². The summed E-state index contributed by atoms with van der Waals surface area (Å²) in [5, 5.41) is 2.08. The van der Waals surface area contributed by atoms with Crippen molar-refractivity contribution in [2.45, 2.75) is 38.6 Å². The van der Waals surface area contributed by atoms with E-state index in [0.717, 1.165) is 42.9 Å². The normalized spacial score (nSPS) is 18.2. The van der Waals surface area contributed by atoms with E-state index < -0.39 is 0 Å². The average Bonchev–Trinajstić information content (AvgIpc) is 3.20. The minimum absolute atomic E-state index is 0.0882. The molecule has 3 aromatic heterocycles. The van der Waals surface area contributed by atoms with Gasteiger partial charge in [0.1, 0.15) is 10.7 Å². The number of thiazole rings is 1. The number of rotatable bonds is 3. The summed E-state index contributed by atoms with van der Waals surface area (Å²) >= 11 is 1.70. The second kappa shape index (κ2) is 6.36. The number of hydrogen-bond donors (Lipinski definition) is 0. The Bertz CT molecular complexity index is 854. The minimum Gasteiger partial charge on any atom is -0.334 e. The predicted octanol–water partition coefficient (Wildman–Crippen LogP) is 3.40. The average molecular weight is 340 g/mol. The highest BCUT2D eigenvalue weighted by atomic mass is 32.1. The SMILES string of the molecule is Cc1nc(C2CCCCN2C(=O)Cc2cccnc2)c2sccn12. The highest BCUT2D eigenvalue weighted by molar-refractivity contribution is 7.15. The maximum absolute atomic E-state index is 12.9. The van der Waals surface area contributed by atoms with Gasteiger partial charge in [-0.3, -0.25) is 14.2 Å². The summed E-state index contributed by atoms with van der Waals surface area (Å²) in [6.07, 6.45) is 9.17. The number of aryl methyl sites for hydroxylation is 1. The van der Waals surface area contributed by atoms with E-state index in [-0.39, 0.29) is 11.9 Å². The molecule has 1 atom stereocenters. The number of amides is 1. The molecular weight excluding hydrogens is 320 g/mol. The number of pyridine rings is 1. The zero-order valence-electron chi connectivity index (χ0n) is 13.7. The van der Waals surface area contributed by atoms with E-state index in [9.17, 15) is 4.79 Å². The Labute approximate surface area is 145 Å². The van der Waals surface area contributed by atoms with Crippen molar-refractivity contribution in [3.63, 3.8) is 0 Å². The Kier molecular flexibility index (Phi) is 4.06. The summed E-state index contributed by atoms with van der Waals surface area (Å²) in [5.41, 5.74) is 2.02. The number of carbonyl (C=O) groups is 1. The number of likely N-dealkylation sites (tertiary alicyclic amines) is 1. The molecular formula is C18H20N4OS. The van der Waals surface area contributed by atoms with Gasteiger partial charge in [-0.05, 0) is 37.8 Å². The maximum atomic E-state index is 12.9. The van der Waals surface area contributed by atoms with Crippen LogP contribution in [0.25, 0.3) is 4.83 Å². The summed E-state index contributed by atoms with van der Waals surface area (Å²) in [6, 6.07) is 3.93. The quantitative estimate of drug-likeness (QED) is 0.734. The van der Waals surface area contributed by atoms with E-state index in [4.69, 9.17) is 4.98 Å². The first kappa shape index (κ1) is 15.3. The highest BCUT2D eigenvalue weighted by Crippen LogP contribution is 2.35. The van der Waals surface area contributed by atoms with Crippen LogP contribution in [0.4, 0.5) is 0 Å². The van der Waals surface area contributed by atoms with E-state index in [1.54, 1.807) is 23.7 Å². The van der Waals surface area contributed by atoms with Crippen molar-refractivity contribution in [1.82, 2.24) is 19.3 Å². The lowest BCUT2D eigenvalue weighted by Crippen LogP contribution is -2.39. The van der Waals surface area contributed by atoms with Crippen LogP contribution < -0.4 is 0 Å². The second-order valence-electron chi connectivity index (χ2n) is 6.26. The molecule has 5 nitrogen and oxygen atoms in total. The molecule has 0 N–H and O–H groups in total. The molecule has 1 fully saturated rings. The smallest absolute Gasteiger partial charge is 0.227 e. The van der Waals surface area contributed by atoms with Crippen molar-refractivity contribution in [2.24, 2.45) is 0 Å². The van der Waals surface area contributed by atoms with Gasteiger partial charge in [0.2, 0.25) is 5.91 Å². The zero-order chi connectivity index (χ0) is 16.5. The molecule has 0 aliphatic carbocycles. The van der Waals surface area contributed by atoms with Gasteiger partial charge in [-0.25, -0.2) is 4.98 Å². The third kappa shape index (κ3) is 2.71. The van der Waals surface area contributed by atoms with E-state index in [1.807, 2.05) is 24.0 Å². The zero-order valence-corrected chi connectivity index (χ0v) is 14.5. The summed E-state index contributed by atoms with van der Waals surface area (Å²) in [6.45, 7) is 2.83. The minimum atomic E-state index is 0.0882. The first-order valence-corrected chi connectivity index (χ1v) is 9.22. The van der Waals surface area contributed by atoms with Crippen molar-refractivity contribution < 1.29 is 4.79 Å². The van der Waals surface area contributed by atoms with Gasteiger partial charge in [-0.1, -0.05) is 6.07 Å². The van der Waals surface area contributed by atoms with Gasteiger partial charge in [0.05, 0.1) is 18.2 Å². The fourth-order valence-corrected chi connectivity index (χ4v) is 4.43. The topological polar surface area (TPSA) is 50.5 Å². The van der Waals surface area contributed by atoms with Crippen LogP contribution in [-0.2, 0) is 11.2 Å².